The molecular formula is C10H10F4N2O2. The van der Waals surface area contributed by atoms with E-state index in [9.17, 15) is 27.7 Å². The van der Waals surface area contributed by atoms with Crippen molar-refractivity contribution < 1.29 is 22.5 Å². The third-order valence-corrected chi connectivity index (χ3v) is 2.16. The molecule has 0 aromatic heterocycles. The molecule has 0 spiro atoms. The molecule has 0 fully saturated rings. The molecule has 0 bridgehead atoms. The van der Waals surface area contributed by atoms with E-state index < -0.39 is 23.8 Å². The molecule has 0 heterocycles. The van der Waals surface area contributed by atoms with Gasteiger partial charge in [-0.3, -0.25) is 10.1 Å². The molecule has 0 unspecified atom stereocenters. The molecule has 0 aliphatic rings. The summed E-state index contributed by atoms with van der Waals surface area (Å²) in [5, 5.41) is 12.5. The number of hydrogen-bond acceptors (Lipinski definition) is 3. The fourth-order valence-electron chi connectivity index (χ4n) is 1.19. The van der Waals surface area contributed by atoms with E-state index in [0.29, 0.717) is 5.56 Å². The Bertz CT molecular complexity index is 409. The van der Waals surface area contributed by atoms with Crippen LogP contribution in [0.5, 0.6) is 0 Å². The van der Waals surface area contributed by atoms with Crippen LogP contribution in [0.4, 0.5) is 23.2 Å². The zero-order valence-electron chi connectivity index (χ0n) is 9.08. The van der Waals surface area contributed by atoms with Gasteiger partial charge in [-0.05, 0) is 5.56 Å². The highest BCUT2D eigenvalue weighted by Gasteiger charge is 2.39. The van der Waals surface area contributed by atoms with Gasteiger partial charge >= 0.3 is 12.3 Å². The molecule has 1 aromatic rings. The number of halogens is 4. The Labute approximate surface area is 99.8 Å². The van der Waals surface area contributed by atoms with Crippen LogP contribution in [0.1, 0.15) is 5.56 Å². The van der Waals surface area contributed by atoms with Gasteiger partial charge in [0.1, 0.15) is 0 Å². The lowest BCUT2D eigenvalue weighted by atomic mass is 10.2. The van der Waals surface area contributed by atoms with E-state index in [4.69, 9.17) is 0 Å². The first-order valence-corrected chi connectivity index (χ1v) is 4.93. The summed E-state index contributed by atoms with van der Waals surface area (Å²) in [5.74, 6) is -4.08. The van der Waals surface area contributed by atoms with Gasteiger partial charge in [0.25, 0.3) is 5.69 Å². The first-order valence-electron chi connectivity index (χ1n) is 4.93. The van der Waals surface area contributed by atoms with Crippen LogP contribution < -0.4 is 5.32 Å². The van der Waals surface area contributed by atoms with Crippen molar-refractivity contribution in [2.24, 2.45) is 0 Å². The molecule has 0 aliphatic heterocycles. The van der Waals surface area contributed by atoms with Gasteiger partial charge in [-0.15, -0.1) is 0 Å². The van der Waals surface area contributed by atoms with Crippen molar-refractivity contribution in [2.75, 3.05) is 6.54 Å². The van der Waals surface area contributed by atoms with E-state index in [1.165, 1.54) is 24.3 Å². The highest BCUT2D eigenvalue weighted by atomic mass is 19.3. The molecule has 0 aliphatic carbocycles. The second kappa shape index (κ2) is 5.76. The Hall–Kier alpha value is -1.70. The summed E-state index contributed by atoms with van der Waals surface area (Å²) in [5.41, 5.74) is 0.363. The second-order valence-electron chi connectivity index (χ2n) is 3.59. The molecule has 0 atom stereocenters. The standard InChI is InChI=1S/C10H10F4N2O2/c11-9(12)10(13,14)6-15-5-7-1-3-8(4-2-7)16(17)18/h1-4,9,15H,5-6H2. The quantitative estimate of drug-likeness (QED) is 0.489. The minimum absolute atomic E-state index is 0.0691. The summed E-state index contributed by atoms with van der Waals surface area (Å²) in [6, 6.07) is 5.15. The molecule has 18 heavy (non-hydrogen) atoms. The molecule has 1 rings (SSSR count). The number of non-ortho nitro benzene ring substituents is 1. The molecular weight excluding hydrogens is 256 g/mol. The van der Waals surface area contributed by atoms with Crippen LogP contribution in [-0.2, 0) is 6.54 Å². The van der Waals surface area contributed by atoms with E-state index in [0.717, 1.165) is 0 Å². The van der Waals surface area contributed by atoms with Gasteiger partial charge in [-0.1, -0.05) is 12.1 Å². The summed E-state index contributed by atoms with van der Waals surface area (Å²) >= 11 is 0. The average molecular weight is 266 g/mol. The van der Waals surface area contributed by atoms with Gasteiger partial charge in [0.05, 0.1) is 11.5 Å². The van der Waals surface area contributed by atoms with Gasteiger partial charge in [0.15, 0.2) is 0 Å². The topological polar surface area (TPSA) is 55.2 Å². The van der Waals surface area contributed by atoms with Crippen molar-refractivity contribution in [1.82, 2.24) is 5.32 Å². The largest absolute Gasteiger partial charge is 0.319 e. The summed E-state index contributed by atoms with van der Waals surface area (Å²) in [6.45, 7) is -1.22. The average Bonchev–Trinajstić information content (AvgIpc) is 2.29. The van der Waals surface area contributed by atoms with Gasteiger partial charge in [0.2, 0.25) is 0 Å². The van der Waals surface area contributed by atoms with E-state index in [1.807, 2.05) is 0 Å². The zero-order valence-corrected chi connectivity index (χ0v) is 9.08. The normalized spacial score (nSPS) is 11.8. The fourth-order valence-corrected chi connectivity index (χ4v) is 1.19. The van der Waals surface area contributed by atoms with Crippen molar-refractivity contribution in [2.45, 2.75) is 18.9 Å². The summed E-state index contributed by atoms with van der Waals surface area (Å²) in [4.78, 5) is 9.75. The second-order valence-corrected chi connectivity index (χ2v) is 3.59. The Kier molecular flexibility index (Phi) is 4.60. The van der Waals surface area contributed by atoms with E-state index in [2.05, 4.69) is 5.32 Å². The first kappa shape index (κ1) is 14.4. The number of nitro groups is 1. The molecule has 1 N–H and O–H groups in total. The summed E-state index contributed by atoms with van der Waals surface area (Å²) < 4.78 is 48.7. The maximum absolute atomic E-state index is 12.5. The third kappa shape index (κ3) is 3.95. The van der Waals surface area contributed by atoms with Gasteiger partial charge in [-0.2, -0.15) is 8.78 Å². The number of nitrogens with one attached hydrogen (secondary N) is 1. The molecule has 0 saturated carbocycles. The Balaban J connectivity index is 2.47. The molecule has 0 radical (unpaired) electrons. The minimum Gasteiger partial charge on any atom is -0.307 e. The monoisotopic (exact) mass is 266 g/mol. The summed E-state index contributed by atoms with van der Waals surface area (Å²) in [6.07, 6.45) is -3.72. The maximum Gasteiger partial charge on any atom is 0.319 e. The van der Waals surface area contributed by atoms with Crippen molar-refractivity contribution in [3.63, 3.8) is 0 Å². The number of nitrogens with zero attached hydrogens (tertiary/aromatic N) is 1. The molecule has 8 heteroatoms. The van der Waals surface area contributed by atoms with Crippen LogP contribution in [0.2, 0.25) is 0 Å². The summed E-state index contributed by atoms with van der Waals surface area (Å²) in [7, 11) is 0. The minimum atomic E-state index is -4.08. The van der Waals surface area contributed by atoms with Crippen molar-refractivity contribution in [1.29, 1.82) is 0 Å². The van der Waals surface area contributed by atoms with Crippen LogP contribution in [0.25, 0.3) is 0 Å². The maximum atomic E-state index is 12.5. The highest BCUT2D eigenvalue weighted by molar-refractivity contribution is 5.32. The van der Waals surface area contributed by atoms with Crippen LogP contribution in [0.3, 0.4) is 0 Å². The number of hydrogen-bond donors (Lipinski definition) is 1. The van der Waals surface area contributed by atoms with Gasteiger partial charge in [-0.25, -0.2) is 8.78 Å². The van der Waals surface area contributed by atoms with E-state index >= 15 is 0 Å². The van der Waals surface area contributed by atoms with Gasteiger partial charge in [0, 0.05) is 18.7 Å². The predicted octanol–water partition coefficient (Wildman–Crippen LogP) is 2.58. The predicted molar refractivity (Wildman–Crippen MR) is 55.8 cm³/mol. The Morgan fingerprint density at radius 1 is 1.28 bits per heavy atom. The van der Waals surface area contributed by atoms with Gasteiger partial charge < -0.3 is 5.32 Å². The van der Waals surface area contributed by atoms with E-state index in [-0.39, 0.29) is 12.2 Å². The lowest BCUT2D eigenvalue weighted by Crippen LogP contribution is -2.38. The van der Waals surface area contributed by atoms with Crippen LogP contribution in [0, 0.1) is 10.1 Å². The molecule has 100 valence electrons. The van der Waals surface area contributed by atoms with Crippen LogP contribution in [-0.4, -0.2) is 23.8 Å². The van der Waals surface area contributed by atoms with Crippen molar-refractivity contribution in [3.8, 4) is 0 Å². The fraction of sp³-hybridized carbons (Fsp3) is 0.400. The number of benzene rings is 1. The molecule has 0 amide bonds. The highest BCUT2D eigenvalue weighted by Crippen LogP contribution is 2.21. The number of nitro benzene ring substituents is 1. The molecule has 0 saturated heterocycles. The molecule has 4 nitrogen and oxygen atoms in total. The first-order chi connectivity index (χ1) is 8.33. The smallest absolute Gasteiger partial charge is 0.307 e. The zero-order chi connectivity index (χ0) is 13.8. The third-order valence-electron chi connectivity index (χ3n) is 2.16. The lowest BCUT2D eigenvalue weighted by Gasteiger charge is -2.15. The SMILES string of the molecule is O=[N+]([O-])c1ccc(CNCC(F)(F)C(F)F)cc1. The number of rotatable bonds is 6. The van der Waals surface area contributed by atoms with Crippen LogP contribution in [0.15, 0.2) is 24.3 Å². The van der Waals surface area contributed by atoms with E-state index in [1.54, 1.807) is 0 Å². The number of alkyl halides is 4. The lowest BCUT2D eigenvalue weighted by molar-refractivity contribution is -0.384. The molecule has 1 aromatic carbocycles. The van der Waals surface area contributed by atoms with Crippen molar-refractivity contribution in [3.05, 3.63) is 39.9 Å². The van der Waals surface area contributed by atoms with Crippen LogP contribution >= 0.6 is 0 Å². The Morgan fingerprint density at radius 2 is 1.83 bits per heavy atom. The van der Waals surface area contributed by atoms with Crippen molar-refractivity contribution >= 4 is 5.69 Å². The Morgan fingerprint density at radius 3 is 2.28 bits per heavy atom.